The van der Waals surface area contributed by atoms with Crippen molar-refractivity contribution in [3.05, 3.63) is 64.7 Å². The van der Waals surface area contributed by atoms with E-state index in [-0.39, 0.29) is 5.91 Å². The van der Waals surface area contributed by atoms with Gasteiger partial charge in [-0.3, -0.25) is 4.79 Å². The summed E-state index contributed by atoms with van der Waals surface area (Å²) in [5.74, 6) is -0.0459. The maximum absolute atomic E-state index is 12.5. The lowest BCUT2D eigenvalue weighted by Gasteiger charge is -2.13. The van der Waals surface area contributed by atoms with Crippen molar-refractivity contribution in [1.29, 1.82) is 0 Å². The van der Waals surface area contributed by atoms with Crippen LogP contribution < -0.4 is 10.6 Å². The Labute approximate surface area is 126 Å². The number of nitrogens with one attached hydrogen (secondary N) is 2. The molecule has 0 saturated carbocycles. The van der Waals surface area contributed by atoms with E-state index < -0.39 is 0 Å². The van der Waals surface area contributed by atoms with E-state index in [4.69, 9.17) is 0 Å². The number of benzene rings is 2. The molecule has 0 atom stereocenters. The molecule has 0 aliphatic carbocycles. The molecule has 3 heteroatoms. The van der Waals surface area contributed by atoms with Gasteiger partial charge in [0.2, 0.25) is 0 Å². The number of likely N-dealkylation sites (N-methyl/N-ethyl adjacent to an activating group) is 1. The summed E-state index contributed by atoms with van der Waals surface area (Å²) in [5.41, 5.74) is 4.97. The monoisotopic (exact) mass is 282 g/mol. The summed E-state index contributed by atoms with van der Waals surface area (Å²) in [6.45, 7) is 4.93. The van der Waals surface area contributed by atoms with Gasteiger partial charge in [-0.05, 0) is 62.7 Å². The van der Waals surface area contributed by atoms with E-state index in [2.05, 4.69) is 10.6 Å². The molecular weight excluding hydrogens is 260 g/mol. The summed E-state index contributed by atoms with van der Waals surface area (Å²) in [6, 6.07) is 13.7. The number of carbonyl (C=O) groups is 1. The molecule has 2 N–H and O–H groups in total. The van der Waals surface area contributed by atoms with Crippen molar-refractivity contribution in [3.63, 3.8) is 0 Å². The Morgan fingerprint density at radius 1 is 1.05 bits per heavy atom. The third-order valence-electron chi connectivity index (χ3n) is 3.76. The lowest BCUT2D eigenvalue weighted by molar-refractivity contribution is 0.102. The van der Waals surface area contributed by atoms with Gasteiger partial charge in [0.05, 0.1) is 0 Å². The molecule has 3 nitrogen and oxygen atoms in total. The van der Waals surface area contributed by atoms with Crippen LogP contribution in [0.2, 0.25) is 0 Å². The SMILES string of the molecule is CNCCc1ccccc1C(=O)Nc1cccc(C)c1C. The number of amides is 1. The third-order valence-corrected chi connectivity index (χ3v) is 3.76. The van der Waals surface area contributed by atoms with Gasteiger partial charge >= 0.3 is 0 Å². The molecule has 0 bridgehead atoms. The summed E-state index contributed by atoms with van der Waals surface area (Å²) in [6.07, 6.45) is 0.840. The van der Waals surface area contributed by atoms with Crippen LogP contribution in [0.5, 0.6) is 0 Å². The molecule has 0 saturated heterocycles. The Kier molecular flexibility index (Phi) is 5.12. The topological polar surface area (TPSA) is 41.1 Å². The molecule has 2 aromatic rings. The zero-order chi connectivity index (χ0) is 15.2. The van der Waals surface area contributed by atoms with Crippen LogP contribution >= 0.6 is 0 Å². The first-order chi connectivity index (χ1) is 10.1. The lowest BCUT2D eigenvalue weighted by atomic mass is 10.0. The number of aryl methyl sites for hydroxylation is 1. The van der Waals surface area contributed by atoms with Gasteiger partial charge in [-0.15, -0.1) is 0 Å². The van der Waals surface area contributed by atoms with Crippen molar-refractivity contribution in [3.8, 4) is 0 Å². The fourth-order valence-electron chi connectivity index (χ4n) is 2.30. The predicted octanol–water partition coefficient (Wildman–Crippen LogP) is 3.32. The fraction of sp³-hybridized carbons (Fsp3) is 0.278. The predicted molar refractivity (Wildman–Crippen MR) is 87.9 cm³/mol. The van der Waals surface area contributed by atoms with E-state index in [1.54, 1.807) is 0 Å². The van der Waals surface area contributed by atoms with Gasteiger partial charge in [-0.2, -0.15) is 0 Å². The van der Waals surface area contributed by atoms with Crippen LogP contribution in [-0.4, -0.2) is 19.5 Å². The molecule has 0 heterocycles. The summed E-state index contributed by atoms with van der Waals surface area (Å²) >= 11 is 0. The van der Waals surface area contributed by atoms with Crippen molar-refractivity contribution >= 4 is 11.6 Å². The molecular formula is C18H22N2O. The van der Waals surface area contributed by atoms with Gasteiger partial charge in [0.1, 0.15) is 0 Å². The molecule has 0 aromatic heterocycles. The normalized spacial score (nSPS) is 10.4. The minimum absolute atomic E-state index is 0.0459. The lowest BCUT2D eigenvalue weighted by Crippen LogP contribution is -2.17. The van der Waals surface area contributed by atoms with E-state index in [1.807, 2.05) is 63.4 Å². The maximum Gasteiger partial charge on any atom is 0.255 e. The first kappa shape index (κ1) is 15.3. The molecule has 0 aliphatic heterocycles. The molecule has 2 rings (SSSR count). The summed E-state index contributed by atoms with van der Waals surface area (Å²) < 4.78 is 0. The van der Waals surface area contributed by atoms with Crippen molar-refractivity contribution in [2.45, 2.75) is 20.3 Å². The molecule has 0 unspecified atom stereocenters. The number of carbonyl (C=O) groups excluding carboxylic acids is 1. The second-order valence-electron chi connectivity index (χ2n) is 5.21. The average molecular weight is 282 g/mol. The van der Waals surface area contributed by atoms with Gasteiger partial charge < -0.3 is 10.6 Å². The molecule has 0 radical (unpaired) electrons. The molecule has 0 fully saturated rings. The first-order valence-corrected chi connectivity index (χ1v) is 7.23. The highest BCUT2D eigenvalue weighted by molar-refractivity contribution is 6.05. The van der Waals surface area contributed by atoms with Crippen LogP contribution in [0.1, 0.15) is 27.0 Å². The molecule has 110 valence electrons. The Morgan fingerprint density at radius 2 is 1.81 bits per heavy atom. The van der Waals surface area contributed by atoms with Gasteiger partial charge in [-0.1, -0.05) is 30.3 Å². The Balaban J connectivity index is 2.22. The third kappa shape index (κ3) is 3.70. The maximum atomic E-state index is 12.5. The molecule has 21 heavy (non-hydrogen) atoms. The minimum atomic E-state index is -0.0459. The largest absolute Gasteiger partial charge is 0.322 e. The highest BCUT2D eigenvalue weighted by atomic mass is 16.1. The summed E-state index contributed by atoms with van der Waals surface area (Å²) in [5, 5.41) is 6.14. The summed E-state index contributed by atoms with van der Waals surface area (Å²) in [4.78, 5) is 12.5. The zero-order valence-corrected chi connectivity index (χ0v) is 12.9. The number of rotatable bonds is 5. The fourth-order valence-corrected chi connectivity index (χ4v) is 2.30. The molecule has 2 aromatic carbocycles. The first-order valence-electron chi connectivity index (χ1n) is 7.23. The number of anilines is 1. The van der Waals surface area contributed by atoms with E-state index in [1.165, 1.54) is 5.56 Å². The van der Waals surface area contributed by atoms with Crippen molar-refractivity contribution in [2.75, 3.05) is 18.9 Å². The second-order valence-corrected chi connectivity index (χ2v) is 5.21. The quantitative estimate of drug-likeness (QED) is 0.883. The van der Waals surface area contributed by atoms with Crippen molar-refractivity contribution < 1.29 is 4.79 Å². The van der Waals surface area contributed by atoms with Crippen LogP contribution in [0, 0.1) is 13.8 Å². The van der Waals surface area contributed by atoms with Gasteiger partial charge in [0, 0.05) is 11.3 Å². The second kappa shape index (κ2) is 7.04. The highest BCUT2D eigenvalue weighted by Crippen LogP contribution is 2.19. The standard InChI is InChI=1S/C18H22N2O/c1-13-7-6-10-17(14(13)2)20-18(21)16-9-5-4-8-15(16)11-12-19-3/h4-10,19H,11-12H2,1-3H3,(H,20,21). The van der Waals surface area contributed by atoms with E-state index in [9.17, 15) is 4.79 Å². The molecule has 0 aliphatic rings. The molecule has 0 spiro atoms. The van der Waals surface area contributed by atoms with Gasteiger partial charge in [0.25, 0.3) is 5.91 Å². The van der Waals surface area contributed by atoms with Gasteiger partial charge in [0.15, 0.2) is 0 Å². The zero-order valence-electron chi connectivity index (χ0n) is 12.9. The Morgan fingerprint density at radius 3 is 2.57 bits per heavy atom. The molecule has 1 amide bonds. The Hall–Kier alpha value is -2.13. The van der Waals surface area contributed by atoms with Crippen LogP contribution in [0.15, 0.2) is 42.5 Å². The van der Waals surface area contributed by atoms with Crippen molar-refractivity contribution in [1.82, 2.24) is 5.32 Å². The van der Waals surface area contributed by atoms with Crippen molar-refractivity contribution in [2.24, 2.45) is 0 Å². The number of hydrogen-bond donors (Lipinski definition) is 2. The van der Waals surface area contributed by atoms with Crippen LogP contribution in [0.3, 0.4) is 0 Å². The average Bonchev–Trinajstić information content (AvgIpc) is 2.50. The van der Waals surface area contributed by atoms with Gasteiger partial charge in [-0.25, -0.2) is 0 Å². The smallest absolute Gasteiger partial charge is 0.255 e. The van der Waals surface area contributed by atoms with E-state index >= 15 is 0 Å². The van der Waals surface area contributed by atoms with Crippen LogP contribution in [-0.2, 0) is 6.42 Å². The van der Waals surface area contributed by atoms with E-state index in [0.717, 1.165) is 35.3 Å². The number of hydrogen-bond acceptors (Lipinski definition) is 2. The Bertz CT molecular complexity index is 635. The van der Waals surface area contributed by atoms with Crippen LogP contribution in [0.4, 0.5) is 5.69 Å². The van der Waals surface area contributed by atoms with Crippen LogP contribution in [0.25, 0.3) is 0 Å². The van der Waals surface area contributed by atoms with E-state index in [0.29, 0.717) is 0 Å². The highest BCUT2D eigenvalue weighted by Gasteiger charge is 2.12. The minimum Gasteiger partial charge on any atom is -0.322 e. The summed E-state index contributed by atoms with van der Waals surface area (Å²) in [7, 11) is 1.92.